The number of carbonyl (C=O) groups is 1. The fourth-order valence-electron chi connectivity index (χ4n) is 2.78. The van der Waals surface area contributed by atoms with Crippen LogP contribution in [0.2, 0.25) is 0 Å². The number of anilines is 1. The van der Waals surface area contributed by atoms with Gasteiger partial charge in [-0.1, -0.05) is 0 Å². The molecule has 3 rings (SSSR count). The minimum absolute atomic E-state index is 0.371. The Balaban J connectivity index is 1.60. The van der Waals surface area contributed by atoms with Crippen molar-refractivity contribution >= 4 is 11.7 Å². The van der Waals surface area contributed by atoms with Gasteiger partial charge in [-0.15, -0.1) is 0 Å². The Morgan fingerprint density at radius 1 is 1.40 bits per heavy atom. The molecule has 2 aliphatic rings. The average molecular weight is 276 g/mol. The number of carbonyl (C=O) groups excluding carboxylic acids is 1. The Hall–Kier alpha value is -1.66. The van der Waals surface area contributed by atoms with Gasteiger partial charge in [0.05, 0.1) is 7.11 Å². The van der Waals surface area contributed by atoms with Crippen LogP contribution in [0.1, 0.15) is 10.5 Å². The number of aromatic nitrogens is 1. The highest BCUT2D eigenvalue weighted by molar-refractivity contribution is 5.88. The number of pyridine rings is 1. The van der Waals surface area contributed by atoms with Gasteiger partial charge in [0.2, 0.25) is 0 Å². The fraction of sp³-hybridized carbons (Fsp3) is 0.571. The summed E-state index contributed by atoms with van der Waals surface area (Å²) in [7, 11) is 1.38. The standard InChI is InChI=1S/C14H20N4O2/c1-20-14(19)13-8-11(2-3-16-13)18-9-12(10-18)17-6-4-15-5-7-17/h2-3,8,12,15H,4-7,9-10H2,1H3. The number of nitrogens with zero attached hydrogens (tertiary/aromatic N) is 3. The van der Waals surface area contributed by atoms with Crippen LogP contribution in [0.25, 0.3) is 0 Å². The van der Waals surface area contributed by atoms with Gasteiger partial charge in [0.15, 0.2) is 0 Å². The summed E-state index contributed by atoms with van der Waals surface area (Å²) in [6.07, 6.45) is 1.67. The van der Waals surface area contributed by atoms with Crippen LogP contribution in [0.4, 0.5) is 5.69 Å². The van der Waals surface area contributed by atoms with E-state index in [1.807, 2.05) is 6.07 Å². The normalized spacial score (nSPS) is 20.6. The monoisotopic (exact) mass is 276 g/mol. The highest BCUT2D eigenvalue weighted by Crippen LogP contribution is 2.24. The minimum Gasteiger partial charge on any atom is -0.464 e. The molecule has 1 aromatic heterocycles. The zero-order valence-electron chi connectivity index (χ0n) is 11.7. The summed E-state index contributed by atoms with van der Waals surface area (Å²) >= 11 is 0. The summed E-state index contributed by atoms with van der Waals surface area (Å²) in [4.78, 5) is 20.3. The van der Waals surface area contributed by atoms with Crippen LogP contribution in [0.3, 0.4) is 0 Å². The predicted molar refractivity (Wildman–Crippen MR) is 76.0 cm³/mol. The molecule has 0 saturated carbocycles. The number of hydrogen-bond donors (Lipinski definition) is 1. The van der Waals surface area contributed by atoms with Gasteiger partial charge in [-0.2, -0.15) is 0 Å². The summed E-state index contributed by atoms with van der Waals surface area (Å²) in [5, 5.41) is 3.37. The number of esters is 1. The number of piperazine rings is 1. The van der Waals surface area contributed by atoms with Crippen molar-refractivity contribution in [3.63, 3.8) is 0 Å². The van der Waals surface area contributed by atoms with Crippen molar-refractivity contribution in [2.45, 2.75) is 6.04 Å². The lowest BCUT2D eigenvalue weighted by atomic mass is 10.0. The first kappa shape index (κ1) is 13.3. The van der Waals surface area contributed by atoms with Gasteiger partial charge in [-0.05, 0) is 12.1 Å². The summed E-state index contributed by atoms with van der Waals surface area (Å²) < 4.78 is 4.70. The third kappa shape index (κ3) is 2.62. The SMILES string of the molecule is COC(=O)c1cc(N2CC(N3CCNCC3)C2)ccn1. The molecule has 0 amide bonds. The van der Waals surface area contributed by atoms with Crippen molar-refractivity contribution in [3.8, 4) is 0 Å². The van der Waals surface area contributed by atoms with E-state index in [0.29, 0.717) is 11.7 Å². The smallest absolute Gasteiger partial charge is 0.356 e. The first-order chi connectivity index (χ1) is 9.78. The Morgan fingerprint density at radius 2 is 2.15 bits per heavy atom. The van der Waals surface area contributed by atoms with Crippen molar-refractivity contribution in [2.75, 3.05) is 51.3 Å². The molecule has 2 aliphatic heterocycles. The molecule has 0 spiro atoms. The third-order valence-corrected chi connectivity index (χ3v) is 4.03. The maximum atomic E-state index is 11.5. The summed E-state index contributed by atoms with van der Waals surface area (Å²) in [6, 6.07) is 4.38. The number of hydrogen-bond acceptors (Lipinski definition) is 6. The molecule has 1 N–H and O–H groups in total. The second kappa shape index (κ2) is 5.76. The topological polar surface area (TPSA) is 57.7 Å². The van der Waals surface area contributed by atoms with Crippen LogP contribution in [0.15, 0.2) is 18.3 Å². The number of nitrogens with one attached hydrogen (secondary N) is 1. The molecule has 20 heavy (non-hydrogen) atoms. The van der Waals surface area contributed by atoms with E-state index < -0.39 is 0 Å². The molecule has 0 bridgehead atoms. The van der Waals surface area contributed by atoms with Crippen molar-refractivity contribution in [3.05, 3.63) is 24.0 Å². The maximum absolute atomic E-state index is 11.5. The van der Waals surface area contributed by atoms with Crippen LogP contribution < -0.4 is 10.2 Å². The van der Waals surface area contributed by atoms with E-state index in [1.54, 1.807) is 12.3 Å². The summed E-state index contributed by atoms with van der Waals surface area (Å²) in [5.74, 6) is -0.383. The molecular weight excluding hydrogens is 256 g/mol. The van der Waals surface area contributed by atoms with E-state index in [0.717, 1.165) is 45.0 Å². The van der Waals surface area contributed by atoms with Gasteiger partial charge in [-0.25, -0.2) is 9.78 Å². The van der Waals surface area contributed by atoms with Gasteiger partial charge in [-0.3, -0.25) is 4.90 Å². The van der Waals surface area contributed by atoms with Gasteiger partial charge in [0, 0.05) is 57.2 Å². The maximum Gasteiger partial charge on any atom is 0.356 e. The molecular formula is C14H20N4O2. The van der Waals surface area contributed by atoms with Gasteiger partial charge < -0.3 is 15.0 Å². The van der Waals surface area contributed by atoms with Crippen molar-refractivity contribution < 1.29 is 9.53 Å². The van der Waals surface area contributed by atoms with Crippen LogP contribution >= 0.6 is 0 Å². The lowest BCUT2D eigenvalue weighted by Gasteiger charge is -2.48. The quantitative estimate of drug-likeness (QED) is 0.782. The van der Waals surface area contributed by atoms with E-state index in [1.165, 1.54) is 7.11 Å². The fourth-order valence-corrected chi connectivity index (χ4v) is 2.78. The molecule has 0 radical (unpaired) electrons. The number of rotatable bonds is 3. The molecule has 6 heteroatoms. The number of ether oxygens (including phenoxy) is 1. The van der Waals surface area contributed by atoms with Crippen molar-refractivity contribution in [2.24, 2.45) is 0 Å². The first-order valence-electron chi connectivity index (χ1n) is 7.02. The van der Waals surface area contributed by atoms with Crippen LogP contribution in [0, 0.1) is 0 Å². The Kier molecular flexibility index (Phi) is 3.84. The van der Waals surface area contributed by atoms with E-state index in [2.05, 4.69) is 20.1 Å². The second-order valence-corrected chi connectivity index (χ2v) is 5.24. The first-order valence-corrected chi connectivity index (χ1v) is 7.02. The Labute approximate surface area is 118 Å². The van der Waals surface area contributed by atoms with E-state index in [9.17, 15) is 4.79 Å². The predicted octanol–water partition coefficient (Wildman–Crippen LogP) is -0.0380. The third-order valence-electron chi connectivity index (χ3n) is 4.03. The molecule has 0 atom stereocenters. The average Bonchev–Trinajstić information content (AvgIpc) is 2.46. The zero-order valence-corrected chi connectivity index (χ0v) is 11.7. The van der Waals surface area contributed by atoms with E-state index in [4.69, 9.17) is 4.74 Å². The van der Waals surface area contributed by atoms with Gasteiger partial charge in [0.1, 0.15) is 5.69 Å². The molecule has 0 aliphatic carbocycles. The molecule has 1 aromatic rings. The Bertz CT molecular complexity index is 482. The minimum atomic E-state index is -0.383. The lowest BCUT2D eigenvalue weighted by molar-refractivity contribution is 0.0594. The Morgan fingerprint density at radius 3 is 2.85 bits per heavy atom. The van der Waals surface area contributed by atoms with Crippen molar-refractivity contribution in [1.29, 1.82) is 0 Å². The highest BCUT2D eigenvalue weighted by Gasteiger charge is 2.32. The number of methoxy groups -OCH3 is 1. The molecule has 108 valence electrons. The van der Waals surface area contributed by atoms with Gasteiger partial charge >= 0.3 is 5.97 Å². The van der Waals surface area contributed by atoms with Crippen molar-refractivity contribution in [1.82, 2.24) is 15.2 Å². The second-order valence-electron chi connectivity index (χ2n) is 5.24. The molecule has 2 fully saturated rings. The lowest BCUT2D eigenvalue weighted by Crippen LogP contribution is -2.62. The molecule has 0 unspecified atom stereocenters. The molecule has 0 aromatic carbocycles. The molecule has 2 saturated heterocycles. The summed E-state index contributed by atoms with van der Waals surface area (Å²) in [6.45, 7) is 6.45. The van der Waals surface area contributed by atoms with Crippen LogP contribution in [0.5, 0.6) is 0 Å². The zero-order chi connectivity index (χ0) is 13.9. The van der Waals surface area contributed by atoms with E-state index in [-0.39, 0.29) is 5.97 Å². The summed E-state index contributed by atoms with van der Waals surface area (Å²) in [5.41, 5.74) is 1.42. The van der Waals surface area contributed by atoms with E-state index >= 15 is 0 Å². The van der Waals surface area contributed by atoms with Gasteiger partial charge in [0.25, 0.3) is 0 Å². The molecule has 6 nitrogen and oxygen atoms in total. The van der Waals surface area contributed by atoms with Crippen LogP contribution in [-0.4, -0.2) is 68.3 Å². The molecule has 3 heterocycles. The highest BCUT2D eigenvalue weighted by atomic mass is 16.5. The largest absolute Gasteiger partial charge is 0.464 e. The van der Waals surface area contributed by atoms with Crippen LogP contribution in [-0.2, 0) is 4.74 Å².